The van der Waals surface area contributed by atoms with Crippen molar-refractivity contribution in [3.63, 3.8) is 0 Å². The molecule has 3 rings (SSSR count). The van der Waals surface area contributed by atoms with Gasteiger partial charge in [-0.3, -0.25) is 0 Å². The van der Waals surface area contributed by atoms with Gasteiger partial charge in [-0.25, -0.2) is 8.78 Å². The molecule has 7 heteroatoms. The minimum Gasteiger partial charge on any atom is -0.497 e. The Labute approximate surface area is 190 Å². The van der Waals surface area contributed by atoms with Gasteiger partial charge in [0.2, 0.25) is 0 Å². The average Bonchev–Trinajstić information content (AvgIpc) is 2.75. The van der Waals surface area contributed by atoms with E-state index in [4.69, 9.17) is 9.47 Å². The molecule has 0 N–H and O–H groups in total. The number of rotatable bonds is 7. The zero-order chi connectivity index (χ0) is 21.0. The van der Waals surface area contributed by atoms with Crippen LogP contribution >= 0.6 is 38.5 Å². The summed E-state index contributed by atoms with van der Waals surface area (Å²) in [6.45, 7) is 0.804. The van der Waals surface area contributed by atoms with Gasteiger partial charge in [-0.05, 0) is 73.9 Å². The van der Waals surface area contributed by atoms with Crippen molar-refractivity contribution in [1.82, 2.24) is 0 Å². The van der Waals surface area contributed by atoms with Crippen LogP contribution in [0.25, 0.3) is 0 Å². The molecule has 3 aromatic carbocycles. The topological polar surface area (TPSA) is 21.7 Å². The van der Waals surface area contributed by atoms with Crippen molar-refractivity contribution in [2.45, 2.75) is 13.1 Å². The maximum Gasteiger partial charge on any atom is 0.161 e. The van der Waals surface area contributed by atoms with Crippen LogP contribution in [0.2, 0.25) is 0 Å². The van der Waals surface area contributed by atoms with Gasteiger partial charge in [-0.15, -0.1) is 0 Å². The molecular weight excluding hydrogens is 555 g/mol. The monoisotopic (exact) mass is 573 g/mol. The van der Waals surface area contributed by atoms with Crippen LogP contribution < -0.4 is 14.4 Å². The number of hydrogen-bond donors (Lipinski definition) is 0. The van der Waals surface area contributed by atoms with Crippen molar-refractivity contribution >= 4 is 44.2 Å². The molecule has 0 saturated carbocycles. The van der Waals surface area contributed by atoms with Crippen LogP contribution in [0, 0.1) is 15.2 Å². The van der Waals surface area contributed by atoms with Gasteiger partial charge in [0.1, 0.15) is 17.3 Å². The summed E-state index contributed by atoms with van der Waals surface area (Å²) in [6.07, 6.45) is 0. The Bertz CT molecular complexity index is 932. The summed E-state index contributed by atoms with van der Waals surface area (Å²) in [6, 6.07) is 16.3. The van der Waals surface area contributed by atoms with E-state index < -0.39 is 11.6 Å². The lowest BCUT2D eigenvalue weighted by Gasteiger charge is -2.26. The SMILES string of the molecule is COc1ccc(CN(Cc2ccc(OC)cc2)c2cc(F)c(I)c(Br)c2F)cc1. The van der Waals surface area contributed by atoms with Crippen molar-refractivity contribution in [1.29, 1.82) is 0 Å². The van der Waals surface area contributed by atoms with Crippen LogP contribution in [0.1, 0.15) is 11.1 Å². The van der Waals surface area contributed by atoms with Gasteiger partial charge in [0.15, 0.2) is 5.82 Å². The predicted octanol–water partition coefficient (Wildman–Crippen LogP) is 6.56. The molecule has 0 atom stereocenters. The molecule has 0 amide bonds. The molecule has 0 aliphatic rings. The molecule has 3 aromatic rings. The van der Waals surface area contributed by atoms with Crippen LogP contribution in [0.5, 0.6) is 11.5 Å². The lowest BCUT2D eigenvalue weighted by Crippen LogP contribution is -2.23. The third kappa shape index (κ3) is 5.19. The summed E-state index contributed by atoms with van der Waals surface area (Å²) in [5, 5.41) is 0. The predicted molar refractivity (Wildman–Crippen MR) is 123 cm³/mol. The van der Waals surface area contributed by atoms with Gasteiger partial charge in [0.05, 0.1) is 27.9 Å². The third-order valence-corrected chi connectivity index (χ3v) is 7.03. The van der Waals surface area contributed by atoms with Crippen LogP contribution in [-0.4, -0.2) is 14.2 Å². The lowest BCUT2D eigenvalue weighted by molar-refractivity contribution is 0.414. The van der Waals surface area contributed by atoms with Crippen molar-refractivity contribution in [3.05, 3.63) is 85.4 Å². The quantitative estimate of drug-likeness (QED) is 0.182. The first kappa shape index (κ1) is 21.8. The minimum absolute atomic E-state index is 0.127. The normalized spacial score (nSPS) is 10.7. The molecule has 0 aliphatic carbocycles. The highest BCUT2D eigenvalue weighted by Crippen LogP contribution is 2.34. The number of halogens is 4. The van der Waals surface area contributed by atoms with E-state index >= 15 is 4.39 Å². The van der Waals surface area contributed by atoms with Crippen molar-refractivity contribution < 1.29 is 18.3 Å². The van der Waals surface area contributed by atoms with E-state index in [1.807, 2.05) is 53.4 Å². The second kappa shape index (κ2) is 9.75. The Hall–Kier alpha value is -1.87. The average molecular weight is 574 g/mol. The molecule has 3 nitrogen and oxygen atoms in total. The summed E-state index contributed by atoms with van der Waals surface area (Å²) in [5.41, 5.74) is 2.10. The van der Waals surface area contributed by atoms with E-state index in [2.05, 4.69) is 15.9 Å². The fraction of sp³-hybridized carbons (Fsp3) is 0.182. The summed E-state index contributed by atoms with van der Waals surface area (Å²) in [7, 11) is 3.21. The molecule has 0 aromatic heterocycles. The number of ether oxygens (including phenoxy) is 2. The van der Waals surface area contributed by atoms with E-state index in [1.54, 1.807) is 36.8 Å². The Morgan fingerprint density at radius 2 is 1.31 bits per heavy atom. The van der Waals surface area contributed by atoms with Crippen molar-refractivity contribution in [3.8, 4) is 11.5 Å². The fourth-order valence-electron chi connectivity index (χ4n) is 2.92. The molecule has 0 bridgehead atoms. The Balaban J connectivity index is 1.98. The number of methoxy groups -OCH3 is 2. The standard InChI is InChI=1S/C22H19BrF2INO2/c1-28-16-7-3-14(4-8-16)12-27(13-15-5-9-17(29-2)10-6-15)19-11-18(24)22(26)20(23)21(19)25/h3-11H,12-13H2,1-2H3. The first-order valence-corrected chi connectivity index (χ1v) is 10.6. The first-order valence-electron chi connectivity index (χ1n) is 8.76. The van der Waals surface area contributed by atoms with Gasteiger partial charge >= 0.3 is 0 Å². The molecule has 29 heavy (non-hydrogen) atoms. The van der Waals surface area contributed by atoms with E-state index in [1.165, 1.54) is 6.07 Å². The number of anilines is 1. The van der Waals surface area contributed by atoms with Crippen molar-refractivity contribution in [2.75, 3.05) is 19.1 Å². The zero-order valence-corrected chi connectivity index (χ0v) is 19.6. The summed E-state index contributed by atoms with van der Waals surface area (Å²) >= 11 is 4.96. The molecular formula is C22H19BrF2INO2. The summed E-state index contributed by atoms with van der Waals surface area (Å²) in [4.78, 5) is 1.81. The molecule has 0 spiro atoms. The van der Waals surface area contributed by atoms with Gasteiger partial charge < -0.3 is 14.4 Å². The number of hydrogen-bond acceptors (Lipinski definition) is 3. The van der Waals surface area contributed by atoms with Crippen LogP contribution in [-0.2, 0) is 13.1 Å². The van der Waals surface area contributed by atoms with E-state index in [0.717, 1.165) is 22.6 Å². The Morgan fingerprint density at radius 3 is 1.72 bits per heavy atom. The molecule has 0 unspecified atom stereocenters. The van der Waals surface area contributed by atoms with Crippen LogP contribution in [0.15, 0.2) is 59.1 Å². The molecule has 0 heterocycles. The van der Waals surface area contributed by atoms with Gasteiger partial charge in [0, 0.05) is 19.2 Å². The molecule has 0 saturated heterocycles. The van der Waals surface area contributed by atoms with E-state index in [0.29, 0.717) is 13.1 Å². The highest BCUT2D eigenvalue weighted by molar-refractivity contribution is 14.1. The largest absolute Gasteiger partial charge is 0.497 e. The van der Waals surface area contributed by atoms with Gasteiger partial charge in [0.25, 0.3) is 0 Å². The van der Waals surface area contributed by atoms with Crippen LogP contribution in [0.4, 0.5) is 14.5 Å². The van der Waals surface area contributed by atoms with E-state index in [9.17, 15) is 4.39 Å². The number of nitrogens with zero attached hydrogens (tertiary/aromatic N) is 1. The van der Waals surface area contributed by atoms with Crippen LogP contribution in [0.3, 0.4) is 0 Å². The second-order valence-corrected chi connectivity index (χ2v) is 8.24. The molecule has 152 valence electrons. The second-order valence-electron chi connectivity index (χ2n) is 6.37. The lowest BCUT2D eigenvalue weighted by atomic mass is 10.1. The number of benzene rings is 3. The van der Waals surface area contributed by atoms with Gasteiger partial charge in [-0.1, -0.05) is 24.3 Å². The summed E-state index contributed by atoms with van der Waals surface area (Å²) in [5.74, 6) is 0.524. The van der Waals surface area contributed by atoms with E-state index in [-0.39, 0.29) is 13.7 Å². The zero-order valence-electron chi connectivity index (χ0n) is 15.9. The minimum atomic E-state index is -0.488. The fourth-order valence-corrected chi connectivity index (χ4v) is 3.70. The molecule has 0 aliphatic heterocycles. The maximum atomic E-state index is 15.0. The highest BCUT2D eigenvalue weighted by atomic mass is 127. The Kier molecular flexibility index (Phi) is 7.34. The smallest absolute Gasteiger partial charge is 0.161 e. The first-order chi connectivity index (χ1) is 13.9. The van der Waals surface area contributed by atoms with Gasteiger partial charge in [-0.2, -0.15) is 0 Å². The third-order valence-electron chi connectivity index (χ3n) is 4.49. The summed E-state index contributed by atoms with van der Waals surface area (Å²) < 4.78 is 40.2. The Morgan fingerprint density at radius 1 is 0.862 bits per heavy atom. The molecule has 0 radical (unpaired) electrons. The van der Waals surface area contributed by atoms with Crippen molar-refractivity contribution in [2.24, 2.45) is 0 Å². The maximum absolute atomic E-state index is 15.0. The highest BCUT2D eigenvalue weighted by Gasteiger charge is 2.20. The molecule has 0 fully saturated rings.